The second-order valence-corrected chi connectivity index (χ2v) is 9.99. The third-order valence-corrected chi connectivity index (χ3v) is 8.37. The van der Waals surface area contributed by atoms with Crippen molar-refractivity contribution in [3.05, 3.63) is 47.3 Å². The topological polar surface area (TPSA) is 47.9 Å². The van der Waals surface area contributed by atoms with Crippen LogP contribution in [0.5, 0.6) is 0 Å². The van der Waals surface area contributed by atoms with Crippen LogP contribution < -0.4 is 5.32 Å². The van der Waals surface area contributed by atoms with Gasteiger partial charge in [0.15, 0.2) is 0 Å². The standard InChI is InChI=1S/C26H36N4O/c1-27-25(31)21-7-5-20(6-8-21)22-9-10-24(28-19-22)30-17-13-26(14-18-30)11-15-29(16-12-26)23-3-2-4-23/h5-8,10,19,22-23H,2-4,9,11-18H2,1H3,(H,27,31). The van der Waals surface area contributed by atoms with E-state index in [4.69, 9.17) is 4.99 Å². The van der Waals surface area contributed by atoms with Crippen LogP contribution in [-0.4, -0.2) is 61.2 Å². The van der Waals surface area contributed by atoms with Crippen molar-refractivity contribution < 1.29 is 4.79 Å². The number of likely N-dealkylation sites (tertiary alicyclic amines) is 2. The number of aliphatic imine (C=N–C) groups is 1. The highest BCUT2D eigenvalue weighted by molar-refractivity contribution is 5.94. The lowest BCUT2D eigenvalue weighted by Crippen LogP contribution is -2.50. The maximum Gasteiger partial charge on any atom is 0.251 e. The van der Waals surface area contributed by atoms with Crippen LogP contribution in [0.15, 0.2) is 41.2 Å². The molecule has 1 saturated carbocycles. The molecule has 5 rings (SSSR count). The molecule has 0 bridgehead atoms. The summed E-state index contributed by atoms with van der Waals surface area (Å²) < 4.78 is 0. The molecule has 4 aliphatic rings. The summed E-state index contributed by atoms with van der Waals surface area (Å²) in [6, 6.07) is 8.83. The number of piperidine rings is 2. The van der Waals surface area contributed by atoms with Crippen molar-refractivity contribution in [2.75, 3.05) is 33.2 Å². The Balaban J connectivity index is 1.12. The summed E-state index contributed by atoms with van der Waals surface area (Å²) in [5.41, 5.74) is 2.52. The fourth-order valence-corrected chi connectivity index (χ4v) is 5.80. The number of benzene rings is 1. The summed E-state index contributed by atoms with van der Waals surface area (Å²) in [6.45, 7) is 4.95. The predicted molar refractivity (Wildman–Crippen MR) is 125 cm³/mol. The zero-order chi connectivity index (χ0) is 21.3. The van der Waals surface area contributed by atoms with E-state index in [1.165, 1.54) is 69.4 Å². The molecule has 166 valence electrons. The van der Waals surface area contributed by atoms with Gasteiger partial charge >= 0.3 is 0 Å². The van der Waals surface area contributed by atoms with Crippen LogP contribution in [0.1, 0.15) is 73.2 Å². The quantitative estimate of drug-likeness (QED) is 0.795. The Bertz CT molecular complexity index is 837. The molecule has 31 heavy (non-hydrogen) atoms. The zero-order valence-electron chi connectivity index (χ0n) is 18.9. The molecule has 2 saturated heterocycles. The Hall–Kier alpha value is -2.14. The van der Waals surface area contributed by atoms with Crippen molar-refractivity contribution in [3.8, 4) is 0 Å². The van der Waals surface area contributed by atoms with Crippen molar-refractivity contribution in [1.29, 1.82) is 0 Å². The van der Waals surface area contributed by atoms with Gasteiger partial charge in [-0.05, 0) is 87.2 Å². The first-order chi connectivity index (χ1) is 15.2. The van der Waals surface area contributed by atoms with E-state index in [9.17, 15) is 4.79 Å². The summed E-state index contributed by atoms with van der Waals surface area (Å²) in [6.07, 6.45) is 15.2. The zero-order valence-corrected chi connectivity index (χ0v) is 18.9. The molecule has 1 aliphatic carbocycles. The van der Waals surface area contributed by atoms with Crippen LogP contribution in [0.3, 0.4) is 0 Å². The lowest BCUT2D eigenvalue weighted by molar-refractivity contribution is 0.0108. The van der Waals surface area contributed by atoms with Gasteiger partial charge in [0.2, 0.25) is 0 Å². The average molecular weight is 421 g/mol. The molecule has 1 aromatic rings. The number of amides is 1. The number of carbonyl (C=O) groups excluding carboxylic acids is 1. The molecule has 1 amide bonds. The minimum Gasteiger partial charge on any atom is -0.357 e. The monoisotopic (exact) mass is 420 g/mol. The van der Waals surface area contributed by atoms with Gasteiger partial charge < -0.3 is 15.1 Å². The molecule has 3 heterocycles. The van der Waals surface area contributed by atoms with Crippen molar-refractivity contribution in [3.63, 3.8) is 0 Å². The molecule has 5 heteroatoms. The van der Waals surface area contributed by atoms with E-state index in [1.807, 2.05) is 12.1 Å². The molecule has 3 aliphatic heterocycles. The highest BCUT2D eigenvalue weighted by Crippen LogP contribution is 2.43. The van der Waals surface area contributed by atoms with Gasteiger partial charge in [0.05, 0.1) is 0 Å². The van der Waals surface area contributed by atoms with Crippen LogP contribution in [0.4, 0.5) is 0 Å². The normalized spacial score (nSPS) is 26.4. The van der Waals surface area contributed by atoms with Crippen LogP contribution in [0.2, 0.25) is 0 Å². The largest absolute Gasteiger partial charge is 0.357 e. The third kappa shape index (κ3) is 4.30. The highest BCUT2D eigenvalue weighted by atomic mass is 16.1. The van der Waals surface area contributed by atoms with E-state index in [0.717, 1.165) is 25.6 Å². The SMILES string of the molecule is CNC(=O)c1ccc(C2C=NC(N3CCC4(CC3)CCN(C3CCC3)CC4)=CC2)cc1. The van der Waals surface area contributed by atoms with Crippen molar-refractivity contribution in [2.45, 2.75) is 63.3 Å². The lowest BCUT2D eigenvalue weighted by Gasteiger charge is -2.50. The van der Waals surface area contributed by atoms with Gasteiger partial charge in [-0.1, -0.05) is 18.6 Å². The average Bonchev–Trinajstić information content (AvgIpc) is 2.80. The summed E-state index contributed by atoms with van der Waals surface area (Å²) in [4.78, 5) is 21.9. The van der Waals surface area contributed by atoms with Crippen molar-refractivity contribution in [1.82, 2.24) is 15.1 Å². The number of nitrogens with zero attached hydrogens (tertiary/aromatic N) is 3. The summed E-state index contributed by atoms with van der Waals surface area (Å²) in [7, 11) is 1.66. The Kier molecular flexibility index (Phi) is 5.87. The number of nitrogens with one attached hydrogen (secondary N) is 1. The molecule has 0 aromatic heterocycles. The summed E-state index contributed by atoms with van der Waals surface area (Å²) in [5, 5.41) is 2.67. The fraction of sp³-hybridized carbons (Fsp3) is 0.615. The molecular weight excluding hydrogens is 384 g/mol. The van der Waals surface area contributed by atoms with E-state index in [-0.39, 0.29) is 5.91 Å². The fourth-order valence-electron chi connectivity index (χ4n) is 5.80. The maximum atomic E-state index is 11.7. The Morgan fingerprint density at radius 3 is 2.26 bits per heavy atom. The van der Waals surface area contributed by atoms with Crippen LogP contribution in [0.25, 0.3) is 0 Å². The summed E-state index contributed by atoms with van der Waals surface area (Å²) >= 11 is 0. The van der Waals surface area contributed by atoms with Gasteiger partial charge in [-0.2, -0.15) is 0 Å². The van der Waals surface area contributed by atoms with Gasteiger partial charge in [-0.3, -0.25) is 4.79 Å². The predicted octanol–water partition coefficient (Wildman–Crippen LogP) is 4.18. The molecule has 3 fully saturated rings. The van der Waals surface area contributed by atoms with E-state index in [0.29, 0.717) is 16.9 Å². The van der Waals surface area contributed by atoms with Gasteiger partial charge in [0.25, 0.3) is 5.91 Å². The second kappa shape index (κ2) is 8.78. The number of carbonyl (C=O) groups is 1. The highest BCUT2D eigenvalue weighted by Gasteiger charge is 2.40. The minimum absolute atomic E-state index is 0.0392. The van der Waals surface area contributed by atoms with Gasteiger partial charge in [-0.15, -0.1) is 0 Å². The Morgan fingerprint density at radius 2 is 1.71 bits per heavy atom. The number of hydrogen-bond donors (Lipinski definition) is 1. The molecule has 1 N–H and O–H groups in total. The summed E-state index contributed by atoms with van der Waals surface area (Å²) in [5.74, 6) is 1.43. The van der Waals surface area contributed by atoms with Gasteiger partial charge in [-0.25, -0.2) is 4.99 Å². The Labute approximate surface area is 186 Å². The Morgan fingerprint density at radius 1 is 1.03 bits per heavy atom. The molecule has 0 radical (unpaired) electrons. The third-order valence-electron chi connectivity index (χ3n) is 8.37. The second-order valence-electron chi connectivity index (χ2n) is 9.99. The molecule has 1 aromatic carbocycles. The van der Waals surface area contributed by atoms with Gasteiger partial charge in [0.1, 0.15) is 5.82 Å². The van der Waals surface area contributed by atoms with Crippen LogP contribution in [0, 0.1) is 5.41 Å². The molecule has 1 spiro atoms. The van der Waals surface area contributed by atoms with E-state index in [2.05, 4.69) is 39.5 Å². The first-order valence-corrected chi connectivity index (χ1v) is 12.2. The van der Waals surface area contributed by atoms with E-state index >= 15 is 0 Å². The number of hydrogen-bond acceptors (Lipinski definition) is 4. The first-order valence-electron chi connectivity index (χ1n) is 12.2. The lowest BCUT2D eigenvalue weighted by atomic mass is 9.70. The van der Waals surface area contributed by atoms with Crippen LogP contribution in [-0.2, 0) is 0 Å². The minimum atomic E-state index is -0.0392. The molecule has 5 nitrogen and oxygen atoms in total. The maximum absolute atomic E-state index is 11.7. The van der Waals surface area contributed by atoms with E-state index < -0.39 is 0 Å². The van der Waals surface area contributed by atoms with E-state index in [1.54, 1.807) is 7.05 Å². The van der Waals surface area contributed by atoms with Gasteiger partial charge in [0, 0.05) is 43.9 Å². The molecular formula is C26H36N4O. The number of rotatable bonds is 4. The number of allylic oxidation sites excluding steroid dienone is 1. The smallest absolute Gasteiger partial charge is 0.251 e. The van der Waals surface area contributed by atoms with Crippen molar-refractivity contribution in [2.24, 2.45) is 10.4 Å². The molecule has 1 unspecified atom stereocenters. The first kappa shape index (κ1) is 20.7. The van der Waals surface area contributed by atoms with Crippen molar-refractivity contribution >= 4 is 12.1 Å². The molecule has 1 atom stereocenters. The van der Waals surface area contributed by atoms with Crippen LogP contribution >= 0.6 is 0 Å².